The number of hydrogen-bond donors (Lipinski definition) is 3. The summed E-state index contributed by atoms with van der Waals surface area (Å²) in [6.45, 7) is 8.85. The van der Waals surface area contributed by atoms with Gasteiger partial charge in [0.15, 0.2) is 0 Å². The molecule has 8 heteroatoms. The quantitative estimate of drug-likeness (QED) is 0.556. The smallest absolute Gasteiger partial charge is 0.255 e. The molecule has 0 saturated carbocycles. The topological polar surface area (TPSA) is 95.2 Å². The maximum absolute atomic E-state index is 13.0. The highest BCUT2D eigenvalue weighted by molar-refractivity contribution is 6.07. The van der Waals surface area contributed by atoms with E-state index < -0.39 is 0 Å². The lowest BCUT2D eigenvalue weighted by Crippen LogP contribution is -2.41. The van der Waals surface area contributed by atoms with E-state index >= 15 is 0 Å². The average Bonchev–Trinajstić information content (AvgIpc) is 3.29. The summed E-state index contributed by atoms with van der Waals surface area (Å²) in [7, 11) is 0. The van der Waals surface area contributed by atoms with E-state index in [0.29, 0.717) is 12.1 Å². The second-order valence-corrected chi connectivity index (χ2v) is 7.77. The zero-order valence-electron chi connectivity index (χ0n) is 17.4. The predicted molar refractivity (Wildman–Crippen MR) is 118 cm³/mol. The van der Waals surface area contributed by atoms with Crippen LogP contribution in [0.25, 0.3) is 22.0 Å². The van der Waals surface area contributed by atoms with Crippen LogP contribution in [0.3, 0.4) is 0 Å². The van der Waals surface area contributed by atoms with Crippen molar-refractivity contribution in [3.8, 4) is 11.1 Å². The Kier molecular flexibility index (Phi) is 6.25. The Bertz CT molecular complexity index is 996. The summed E-state index contributed by atoms with van der Waals surface area (Å²) in [6.07, 6.45) is 5.30. The zero-order valence-corrected chi connectivity index (χ0v) is 17.4. The SMILES string of the molecule is CC(C)Nc1c(C(=O)NCCN2CCOCC2)cnc2ccc(-c3cn[nH]c3)cc12. The molecule has 1 amide bonds. The van der Waals surface area contributed by atoms with E-state index in [1.807, 2.05) is 18.3 Å². The summed E-state index contributed by atoms with van der Waals surface area (Å²) in [5.74, 6) is -0.116. The molecule has 1 aliphatic rings. The number of amides is 1. The fraction of sp³-hybridized carbons (Fsp3) is 0.409. The van der Waals surface area contributed by atoms with Gasteiger partial charge in [-0.1, -0.05) is 6.07 Å². The molecule has 3 N–H and O–H groups in total. The highest BCUT2D eigenvalue weighted by atomic mass is 16.5. The predicted octanol–water partition coefficient (Wildman–Crippen LogP) is 2.51. The normalized spacial score (nSPS) is 14.9. The number of carbonyl (C=O) groups is 1. The Balaban J connectivity index is 1.59. The van der Waals surface area contributed by atoms with Crippen molar-refractivity contribution >= 4 is 22.5 Å². The number of pyridine rings is 1. The van der Waals surface area contributed by atoms with Gasteiger partial charge in [-0.15, -0.1) is 0 Å². The Labute approximate surface area is 176 Å². The lowest BCUT2D eigenvalue weighted by molar-refractivity contribution is 0.0383. The first-order valence-corrected chi connectivity index (χ1v) is 10.4. The number of aromatic amines is 1. The molecule has 30 heavy (non-hydrogen) atoms. The van der Waals surface area contributed by atoms with Crippen molar-refractivity contribution in [2.75, 3.05) is 44.7 Å². The molecule has 8 nitrogen and oxygen atoms in total. The van der Waals surface area contributed by atoms with Crippen molar-refractivity contribution in [1.29, 1.82) is 0 Å². The molecule has 1 aliphatic heterocycles. The Morgan fingerprint density at radius 2 is 2.07 bits per heavy atom. The number of ether oxygens (including phenoxy) is 1. The number of morpholine rings is 1. The van der Waals surface area contributed by atoms with Gasteiger partial charge in [-0.3, -0.25) is 19.8 Å². The van der Waals surface area contributed by atoms with Crippen LogP contribution in [0.4, 0.5) is 5.69 Å². The third-order valence-corrected chi connectivity index (χ3v) is 5.19. The fourth-order valence-electron chi connectivity index (χ4n) is 3.64. The minimum atomic E-state index is -0.116. The van der Waals surface area contributed by atoms with Crippen LogP contribution >= 0.6 is 0 Å². The van der Waals surface area contributed by atoms with Crippen LogP contribution in [0.2, 0.25) is 0 Å². The van der Waals surface area contributed by atoms with Crippen molar-refractivity contribution in [2.24, 2.45) is 0 Å². The van der Waals surface area contributed by atoms with Crippen molar-refractivity contribution in [1.82, 2.24) is 25.4 Å². The van der Waals surface area contributed by atoms with E-state index in [1.54, 1.807) is 12.4 Å². The first-order chi connectivity index (χ1) is 14.6. The van der Waals surface area contributed by atoms with Crippen LogP contribution in [0, 0.1) is 0 Å². The average molecular weight is 409 g/mol. The number of fused-ring (bicyclic) bond motifs is 1. The maximum Gasteiger partial charge on any atom is 0.255 e. The third-order valence-electron chi connectivity index (χ3n) is 5.19. The second-order valence-electron chi connectivity index (χ2n) is 7.77. The van der Waals surface area contributed by atoms with E-state index in [2.05, 4.69) is 50.6 Å². The summed E-state index contributed by atoms with van der Waals surface area (Å²) in [5.41, 5.74) is 4.23. The van der Waals surface area contributed by atoms with Crippen LogP contribution in [0.5, 0.6) is 0 Å². The summed E-state index contributed by atoms with van der Waals surface area (Å²) in [6, 6.07) is 6.22. The Hall–Kier alpha value is -2.97. The number of hydrogen-bond acceptors (Lipinski definition) is 6. The van der Waals surface area contributed by atoms with Gasteiger partial charge in [0.05, 0.1) is 36.2 Å². The largest absolute Gasteiger partial charge is 0.382 e. The van der Waals surface area contributed by atoms with E-state index in [4.69, 9.17) is 4.74 Å². The molecule has 4 rings (SSSR count). The highest BCUT2D eigenvalue weighted by Gasteiger charge is 2.18. The van der Waals surface area contributed by atoms with Crippen molar-refractivity contribution in [3.63, 3.8) is 0 Å². The molecule has 0 aliphatic carbocycles. The van der Waals surface area contributed by atoms with Crippen LogP contribution in [0.1, 0.15) is 24.2 Å². The minimum absolute atomic E-state index is 0.116. The van der Waals surface area contributed by atoms with E-state index in [9.17, 15) is 4.79 Å². The van der Waals surface area contributed by atoms with E-state index in [0.717, 1.165) is 60.6 Å². The van der Waals surface area contributed by atoms with Gasteiger partial charge >= 0.3 is 0 Å². The molecule has 3 aromatic rings. The molecule has 1 fully saturated rings. The van der Waals surface area contributed by atoms with Gasteiger partial charge < -0.3 is 15.4 Å². The van der Waals surface area contributed by atoms with Gasteiger partial charge in [0.2, 0.25) is 0 Å². The van der Waals surface area contributed by atoms with Crippen LogP contribution in [-0.2, 0) is 4.74 Å². The van der Waals surface area contributed by atoms with Gasteiger partial charge in [0, 0.05) is 55.6 Å². The number of aromatic nitrogens is 3. The number of H-pyrrole nitrogens is 1. The minimum Gasteiger partial charge on any atom is -0.382 e. The molecule has 0 bridgehead atoms. The van der Waals surface area contributed by atoms with E-state index in [-0.39, 0.29) is 11.9 Å². The van der Waals surface area contributed by atoms with Crippen LogP contribution in [-0.4, -0.2) is 71.4 Å². The monoisotopic (exact) mass is 408 g/mol. The molecule has 158 valence electrons. The number of carbonyl (C=O) groups excluding carboxylic acids is 1. The zero-order chi connectivity index (χ0) is 20.9. The third kappa shape index (κ3) is 4.60. The number of nitrogens with zero attached hydrogens (tertiary/aromatic N) is 3. The van der Waals surface area contributed by atoms with Gasteiger partial charge in [0.1, 0.15) is 0 Å². The molecule has 2 aromatic heterocycles. The summed E-state index contributed by atoms with van der Waals surface area (Å²) >= 11 is 0. The summed E-state index contributed by atoms with van der Waals surface area (Å²) < 4.78 is 5.37. The number of benzene rings is 1. The number of anilines is 1. The molecule has 0 atom stereocenters. The molecule has 1 aromatic carbocycles. The van der Waals surface area contributed by atoms with Gasteiger partial charge in [-0.25, -0.2) is 0 Å². The highest BCUT2D eigenvalue weighted by Crippen LogP contribution is 2.30. The Morgan fingerprint density at radius 1 is 1.23 bits per heavy atom. The van der Waals surface area contributed by atoms with Gasteiger partial charge in [-0.2, -0.15) is 5.10 Å². The van der Waals surface area contributed by atoms with Gasteiger partial charge in [0.25, 0.3) is 5.91 Å². The summed E-state index contributed by atoms with van der Waals surface area (Å²) in [5, 5.41) is 14.3. The van der Waals surface area contributed by atoms with Crippen molar-refractivity contribution in [2.45, 2.75) is 19.9 Å². The number of nitrogens with one attached hydrogen (secondary N) is 3. The maximum atomic E-state index is 13.0. The van der Waals surface area contributed by atoms with E-state index in [1.165, 1.54) is 0 Å². The molecule has 1 saturated heterocycles. The summed E-state index contributed by atoms with van der Waals surface area (Å²) in [4.78, 5) is 19.8. The molecule has 0 radical (unpaired) electrons. The number of rotatable bonds is 7. The molecule has 0 unspecified atom stereocenters. The first-order valence-electron chi connectivity index (χ1n) is 10.4. The first kappa shape index (κ1) is 20.3. The molecular weight excluding hydrogens is 380 g/mol. The van der Waals surface area contributed by atoms with Gasteiger partial charge in [-0.05, 0) is 31.5 Å². The fourth-order valence-corrected chi connectivity index (χ4v) is 3.64. The standard InChI is InChI=1S/C22H28N6O2/c1-15(2)27-21-18-11-16(17-12-25-26-13-17)3-4-20(18)24-14-19(21)22(29)23-5-6-28-7-9-30-10-8-28/h3-4,11-15H,5-10H2,1-2H3,(H,23,29)(H,24,27)(H,25,26). The Morgan fingerprint density at radius 3 is 2.80 bits per heavy atom. The molecular formula is C22H28N6O2. The lowest BCUT2D eigenvalue weighted by atomic mass is 10.0. The van der Waals surface area contributed by atoms with Crippen LogP contribution in [0.15, 0.2) is 36.8 Å². The van der Waals surface area contributed by atoms with Crippen molar-refractivity contribution < 1.29 is 9.53 Å². The molecule has 0 spiro atoms. The second kappa shape index (κ2) is 9.23. The van der Waals surface area contributed by atoms with Crippen molar-refractivity contribution in [3.05, 3.63) is 42.4 Å². The lowest BCUT2D eigenvalue weighted by Gasteiger charge is -2.26. The van der Waals surface area contributed by atoms with Crippen LogP contribution < -0.4 is 10.6 Å². The molecule has 3 heterocycles.